The molecule has 0 aliphatic carbocycles. The third-order valence-electron chi connectivity index (χ3n) is 2.84. The highest BCUT2D eigenvalue weighted by atomic mass is 79.9. The average Bonchev–Trinajstić information content (AvgIpc) is 2.52. The van der Waals surface area contributed by atoms with Gasteiger partial charge >= 0.3 is 5.97 Å². The Morgan fingerprint density at radius 3 is 2.67 bits per heavy atom. The number of carboxylic acid groups (broad SMARTS) is 1. The molecule has 1 aliphatic heterocycles. The molecule has 18 heavy (non-hydrogen) atoms. The highest BCUT2D eigenvalue weighted by Crippen LogP contribution is 2.20. The van der Waals surface area contributed by atoms with Crippen molar-refractivity contribution >= 4 is 33.5 Å². The van der Waals surface area contributed by atoms with Gasteiger partial charge in [-0.25, -0.2) is 4.79 Å². The van der Waals surface area contributed by atoms with Crippen molar-refractivity contribution in [3.8, 4) is 0 Å². The minimum absolute atomic E-state index is 0.220. The lowest BCUT2D eigenvalue weighted by molar-refractivity contribution is -0.141. The average molecular weight is 313 g/mol. The van der Waals surface area contributed by atoms with Gasteiger partial charge in [0.1, 0.15) is 6.04 Å². The first-order valence-electron chi connectivity index (χ1n) is 5.59. The molecule has 1 atom stereocenters. The second-order valence-electron chi connectivity index (χ2n) is 4.13. The number of aliphatic carboxylic acids is 1. The van der Waals surface area contributed by atoms with Crippen LogP contribution in [0.5, 0.6) is 0 Å². The van der Waals surface area contributed by atoms with Crippen molar-refractivity contribution in [2.75, 3.05) is 18.0 Å². The van der Waals surface area contributed by atoms with Crippen LogP contribution < -0.4 is 10.2 Å². The van der Waals surface area contributed by atoms with Crippen molar-refractivity contribution in [3.05, 3.63) is 28.7 Å². The van der Waals surface area contributed by atoms with E-state index in [9.17, 15) is 9.59 Å². The SMILES string of the molecule is O=C1CCN(c2ccc(Br)cc2)CC(C(=O)O)N1. The summed E-state index contributed by atoms with van der Waals surface area (Å²) in [5.74, 6) is -1.23. The summed E-state index contributed by atoms with van der Waals surface area (Å²) in [6.45, 7) is 0.806. The molecule has 2 rings (SSSR count). The van der Waals surface area contributed by atoms with Crippen LogP contribution >= 0.6 is 15.9 Å². The van der Waals surface area contributed by atoms with E-state index in [-0.39, 0.29) is 12.5 Å². The summed E-state index contributed by atoms with van der Waals surface area (Å²) in [7, 11) is 0. The molecule has 1 amide bonds. The van der Waals surface area contributed by atoms with Crippen LogP contribution in [0.4, 0.5) is 5.69 Å². The van der Waals surface area contributed by atoms with E-state index < -0.39 is 12.0 Å². The number of carbonyl (C=O) groups excluding carboxylic acids is 1. The summed E-state index contributed by atoms with van der Waals surface area (Å²) in [5, 5.41) is 11.5. The molecule has 1 aromatic carbocycles. The second-order valence-corrected chi connectivity index (χ2v) is 5.05. The van der Waals surface area contributed by atoms with Gasteiger partial charge in [-0.3, -0.25) is 4.79 Å². The quantitative estimate of drug-likeness (QED) is 0.861. The molecular formula is C12H13BrN2O3. The van der Waals surface area contributed by atoms with Crippen LogP contribution in [0, 0.1) is 0 Å². The monoisotopic (exact) mass is 312 g/mol. The van der Waals surface area contributed by atoms with E-state index in [4.69, 9.17) is 5.11 Å². The first-order valence-corrected chi connectivity index (χ1v) is 6.38. The number of hydrogen-bond donors (Lipinski definition) is 2. The van der Waals surface area contributed by atoms with Crippen LogP contribution in [-0.2, 0) is 9.59 Å². The van der Waals surface area contributed by atoms with Crippen molar-refractivity contribution < 1.29 is 14.7 Å². The van der Waals surface area contributed by atoms with Gasteiger partial charge in [-0.15, -0.1) is 0 Å². The summed E-state index contributed by atoms with van der Waals surface area (Å²) in [5.41, 5.74) is 0.918. The third kappa shape index (κ3) is 3.01. The van der Waals surface area contributed by atoms with Crippen molar-refractivity contribution in [1.82, 2.24) is 5.32 Å². The standard InChI is InChI=1S/C12H13BrN2O3/c13-8-1-3-9(4-2-8)15-6-5-11(16)14-10(7-15)12(17)18/h1-4,10H,5-7H2,(H,14,16)(H,17,18). The van der Waals surface area contributed by atoms with E-state index in [0.29, 0.717) is 13.0 Å². The van der Waals surface area contributed by atoms with Crippen LogP contribution in [-0.4, -0.2) is 36.1 Å². The van der Waals surface area contributed by atoms with Crippen molar-refractivity contribution in [1.29, 1.82) is 0 Å². The van der Waals surface area contributed by atoms with Crippen LogP contribution in [0.2, 0.25) is 0 Å². The lowest BCUT2D eigenvalue weighted by atomic mass is 10.2. The molecule has 1 unspecified atom stereocenters. The van der Waals surface area contributed by atoms with Gasteiger partial charge in [0, 0.05) is 29.7 Å². The Morgan fingerprint density at radius 2 is 2.06 bits per heavy atom. The van der Waals surface area contributed by atoms with E-state index >= 15 is 0 Å². The number of carbonyl (C=O) groups is 2. The Bertz CT molecular complexity index is 461. The topological polar surface area (TPSA) is 69.6 Å². The van der Waals surface area contributed by atoms with Gasteiger partial charge < -0.3 is 15.3 Å². The zero-order valence-corrected chi connectivity index (χ0v) is 11.2. The number of nitrogens with zero attached hydrogens (tertiary/aromatic N) is 1. The molecule has 0 aromatic heterocycles. The van der Waals surface area contributed by atoms with Crippen molar-refractivity contribution in [2.45, 2.75) is 12.5 Å². The first kappa shape index (κ1) is 12.9. The van der Waals surface area contributed by atoms with Crippen molar-refractivity contribution in [2.24, 2.45) is 0 Å². The van der Waals surface area contributed by atoms with Crippen LogP contribution in [0.3, 0.4) is 0 Å². The van der Waals surface area contributed by atoms with Gasteiger partial charge in [0.25, 0.3) is 0 Å². The minimum Gasteiger partial charge on any atom is -0.480 e. The molecular weight excluding hydrogens is 300 g/mol. The summed E-state index contributed by atoms with van der Waals surface area (Å²) in [4.78, 5) is 24.4. The fourth-order valence-electron chi connectivity index (χ4n) is 1.89. The van der Waals surface area contributed by atoms with E-state index in [2.05, 4.69) is 21.2 Å². The number of rotatable bonds is 2. The Morgan fingerprint density at radius 1 is 1.39 bits per heavy atom. The molecule has 0 saturated carbocycles. The molecule has 0 bridgehead atoms. The lowest BCUT2D eigenvalue weighted by Gasteiger charge is -2.24. The third-order valence-corrected chi connectivity index (χ3v) is 3.37. The molecule has 2 N–H and O–H groups in total. The molecule has 5 nitrogen and oxygen atoms in total. The maximum absolute atomic E-state index is 11.4. The fraction of sp³-hybridized carbons (Fsp3) is 0.333. The highest BCUT2D eigenvalue weighted by molar-refractivity contribution is 9.10. The fourth-order valence-corrected chi connectivity index (χ4v) is 2.15. The molecule has 1 fully saturated rings. The number of hydrogen-bond acceptors (Lipinski definition) is 3. The van der Waals surface area contributed by atoms with Gasteiger partial charge in [0.05, 0.1) is 0 Å². The van der Waals surface area contributed by atoms with Gasteiger partial charge in [-0.2, -0.15) is 0 Å². The first-order chi connectivity index (χ1) is 8.56. The lowest BCUT2D eigenvalue weighted by Crippen LogP contribution is -2.45. The maximum atomic E-state index is 11.4. The predicted molar refractivity (Wildman–Crippen MR) is 70.5 cm³/mol. The molecule has 1 saturated heterocycles. The largest absolute Gasteiger partial charge is 0.480 e. The summed E-state index contributed by atoms with van der Waals surface area (Å²) >= 11 is 3.35. The Kier molecular flexibility index (Phi) is 3.86. The van der Waals surface area contributed by atoms with E-state index in [0.717, 1.165) is 10.2 Å². The van der Waals surface area contributed by atoms with E-state index in [1.807, 2.05) is 29.2 Å². The summed E-state index contributed by atoms with van der Waals surface area (Å²) in [6.07, 6.45) is 0.305. The molecule has 1 heterocycles. The highest BCUT2D eigenvalue weighted by Gasteiger charge is 2.26. The molecule has 6 heteroatoms. The molecule has 0 radical (unpaired) electrons. The zero-order valence-electron chi connectivity index (χ0n) is 9.60. The Hall–Kier alpha value is -1.56. The minimum atomic E-state index is -1.01. The number of nitrogens with one attached hydrogen (secondary N) is 1. The van der Waals surface area contributed by atoms with E-state index in [1.54, 1.807) is 0 Å². The second kappa shape index (κ2) is 5.39. The predicted octanol–water partition coefficient (Wildman–Crippen LogP) is 1.23. The summed E-state index contributed by atoms with van der Waals surface area (Å²) < 4.78 is 0.963. The van der Waals surface area contributed by atoms with Crippen LogP contribution in [0.25, 0.3) is 0 Å². The van der Waals surface area contributed by atoms with Gasteiger partial charge in [0.15, 0.2) is 0 Å². The van der Waals surface area contributed by atoms with Crippen LogP contribution in [0.1, 0.15) is 6.42 Å². The number of carboxylic acids is 1. The Labute approximate surface area is 113 Å². The van der Waals surface area contributed by atoms with Gasteiger partial charge in [0.2, 0.25) is 5.91 Å². The summed E-state index contributed by atoms with van der Waals surface area (Å²) in [6, 6.07) is 6.73. The molecule has 0 spiro atoms. The molecule has 96 valence electrons. The maximum Gasteiger partial charge on any atom is 0.328 e. The number of amides is 1. The molecule has 1 aromatic rings. The van der Waals surface area contributed by atoms with Crippen molar-refractivity contribution in [3.63, 3.8) is 0 Å². The van der Waals surface area contributed by atoms with Crippen LogP contribution in [0.15, 0.2) is 28.7 Å². The van der Waals surface area contributed by atoms with Gasteiger partial charge in [-0.1, -0.05) is 15.9 Å². The number of halogens is 1. The Balaban J connectivity index is 2.19. The normalized spacial score (nSPS) is 20.2. The zero-order chi connectivity index (χ0) is 13.1. The van der Waals surface area contributed by atoms with Gasteiger partial charge in [-0.05, 0) is 24.3 Å². The number of anilines is 1. The number of benzene rings is 1. The smallest absolute Gasteiger partial charge is 0.328 e. The molecule has 1 aliphatic rings. The van der Waals surface area contributed by atoms with E-state index in [1.165, 1.54) is 0 Å².